The van der Waals surface area contributed by atoms with Crippen LogP contribution in [0.15, 0.2) is 53.7 Å². The van der Waals surface area contributed by atoms with E-state index in [-0.39, 0.29) is 18.2 Å². The predicted molar refractivity (Wildman–Crippen MR) is 144 cm³/mol. The van der Waals surface area contributed by atoms with E-state index in [2.05, 4.69) is 35.1 Å². The van der Waals surface area contributed by atoms with Crippen molar-refractivity contribution in [3.63, 3.8) is 0 Å². The van der Waals surface area contributed by atoms with Crippen molar-refractivity contribution in [1.29, 1.82) is 0 Å². The molecule has 1 aliphatic heterocycles. The molecule has 184 valence electrons. The van der Waals surface area contributed by atoms with E-state index in [1.807, 2.05) is 59.0 Å². The van der Waals surface area contributed by atoms with E-state index in [1.165, 1.54) is 17.7 Å². The second-order valence-electron chi connectivity index (χ2n) is 9.39. The van der Waals surface area contributed by atoms with Gasteiger partial charge in [-0.05, 0) is 72.9 Å². The highest BCUT2D eigenvalue weighted by Crippen LogP contribution is 2.32. The number of ether oxygens (including phenoxy) is 1. The molecule has 2 aromatic heterocycles. The van der Waals surface area contributed by atoms with Crippen LogP contribution in [-0.2, 0) is 4.74 Å². The van der Waals surface area contributed by atoms with Crippen molar-refractivity contribution in [3.8, 4) is 0 Å². The molecule has 2 atom stereocenters. The number of fused-ring (bicyclic) bond motifs is 1. The van der Waals surface area contributed by atoms with Crippen LogP contribution in [0.2, 0.25) is 0 Å². The Hall–Kier alpha value is -2.29. The van der Waals surface area contributed by atoms with Crippen molar-refractivity contribution in [3.05, 3.63) is 65.6 Å². The van der Waals surface area contributed by atoms with E-state index in [0.717, 1.165) is 64.5 Å². The number of carbonyl (C=O) groups excluding carboxylic acids is 1. The van der Waals surface area contributed by atoms with Gasteiger partial charge in [0, 0.05) is 35.0 Å². The molecule has 2 aliphatic rings. The predicted octanol–water partition coefficient (Wildman–Crippen LogP) is 5.43. The van der Waals surface area contributed by atoms with Crippen molar-refractivity contribution in [1.82, 2.24) is 14.9 Å². The van der Waals surface area contributed by atoms with E-state index < -0.39 is 0 Å². The standard InChI is InChI=1S/C27H32N4O2S2/c1-18-24(35-12-4-11-34-17-22-16-31(27(32)33-22)15-19-7-8-19)9-10-29-26(18)25(28)21-13-20-5-2-3-6-23(20)30-14-21/h2-3,5-6,9-10,13-14,19,22,25H,4,7-8,11-12,15-17,28H2,1H3. The quantitative estimate of drug-likeness (QED) is 0.273. The summed E-state index contributed by atoms with van der Waals surface area (Å²) in [6.07, 6.45) is 7.24. The number of nitrogens with two attached hydrogens (primary N) is 1. The summed E-state index contributed by atoms with van der Waals surface area (Å²) in [6, 6.07) is 12.0. The molecule has 2 N–H and O–H groups in total. The first-order chi connectivity index (χ1) is 17.1. The van der Waals surface area contributed by atoms with Crippen LogP contribution in [-0.4, -0.2) is 57.4 Å². The highest BCUT2D eigenvalue weighted by atomic mass is 32.2. The molecular formula is C27H32N4O2S2. The lowest BCUT2D eigenvalue weighted by Crippen LogP contribution is -2.27. The van der Waals surface area contributed by atoms with Gasteiger partial charge in [0.05, 0.1) is 23.8 Å². The number of aromatic nitrogens is 2. The second kappa shape index (κ2) is 11.2. The molecule has 0 spiro atoms. The summed E-state index contributed by atoms with van der Waals surface area (Å²) in [7, 11) is 0. The van der Waals surface area contributed by atoms with Crippen LogP contribution in [0.3, 0.4) is 0 Å². The maximum atomic E-state index is 12.0. The van der Waals surface area contributed by atoms with Crippen LogP contribution >= 0.6 is 23.5 Å². The number of carbonyl (C=O) groups is 1. The molecule has 8 heteroatoms. The number of thioether (sulfide) groups is 2. The first-order valence-electron chi connectivity index (χ1n) is 12.3. The number of amides is 1. The molecule has 1 aliphatic carbocycles. The Morgan fingerprint density at radius 3 is 2.91 bits per heavy atom. The van der Waals surface area contributed by atoms with E-state index in [4.69, 9.17) is 10.5 Å². The number of benzene rings is 1. The largest absolute Gasteiger partial charge is 0.443 e. The molecule has 0 radical (unpaired) electrons. The van der Waals surface area contributed by atoms with Gasteiger partial charge in [0.25, 0.3) is 0 Å². The van der Waals surface area contributed by atoms with Gasteiger partial charge in [-0.25, -0.2) is 4.79 Å². The van der Waals surface area contributed by atoms with E-state index in [1.54, 1.807) is 0 Å². The third-order valence-corrected chi connectivity index (χ3v) is 9.01. The first-order valence-corrected chi connectivity index (χ1v) is 14.4. The van der Waals surface area contributed by atoms with Gasteiger partial charge in [0.2, 0.25) is 0 Å². The number of pyridine rings is 2. The number of cyclic esters (lactones) is 1. The Morgan fingerprint density at radius 1 is 1.20 bits per heavy atom. The molecule has 3 aromatic rings. The van der Waals surface area contributed by atoms with Crippen molar-refractivity contribution < 1.29 is 9.53 Å². The smallest absolute Gasteiger partial charge is 0.410 e. The number of rotatable bonds is 11. The summed E-state index contributed by atoms with van der Waals surface area (Å²) >= 11 is 3.73. The minimum Gasteiger partial charge on any atom is -0.443 e. The van der Waals surface area contributed by atoms with E-state index in [9.17, 15) is 4.79 Å². The lowest BCUT2D eigenvalue weighted by Gasteiger charge is -2.16. The molecule has 2 unspecified atom stereocenters. The molecule has 1 aromatic carbocycles. The van der Waals surface area contributed by atoms with Crippen LogP contribution < -0.4 is 5.73 Å². The van der Waals surface area contributed by atoms with Crippen molar-refractivity contribution >= 4 is 40.5 Å². The molecule has 1 saturated heterocycles. The Balaban J connectivity index is 1.09. The monoisotopic (exact) mass is 508 g/mol. The lowest BCUT2D eigenvalue weighted by molar-refractivity contribution is 0.139. The Kier molecular flexibility index (Phi) is 7.80. The maximum absolute atomic E-state index is 12.0. The van der Waals surface area contributed by atoms with Gasteiger partial charge < -0.3 is 15.4 Å². The fourth-order valence-electron chi connectivity index (χ4n) is 4.40. The highest BCUT2D eigenvalue weighted by Gasteiger charge is 2.35. The Morgan fingerprint density at radius 2 is 2.06 bits per heavy atom. The molecular weight excluding hydrogens is 476 g/mol. The van der Waals surface area contributed by atoms with Gasteiger partial charge in [0.15, 0.2) is 0 Å². The van der Waals surface area contributed by atoms with Gasteiger partial charge in [-0.2, -0.15) is 11.8 Å². The van der Waals surface area contributed by atoms with Crippen LogP contribution in [0.5, 0.6) is 0 Å². The molecule has 1 saturated carbocycles. The summed E-state index contributed by atoms with van der Waals surface area (Å²) in [4.78, 5) is 24.3. The zero-order chi connectivity index (χ0) is 24.2. The summed E-state index contributed by atoms with van der Waals surface area (Å²) in [6.45, 7) is 3.74. The number of nitrogens with zero attached hydrogens (tertiary/aromatic N) is 3. The van der Waals surface area contributed by atoms with Gasteiger partial charge >= 0.3 is 6.09 Å². The van der Waals surface area contributed by atoms with Gasteiger partial charge in [-0.15, -0.1) is 11.8 Å². The molecule has 35 heavy (non-hydrogen) atoms. The lowest BCUT2D eigenvalue weighted by atomic mass is 10.0. The normalized spacial score (nSPS) is 18.7. The topological polar surface area (TPSA) is 81.3 Å². The SMILES string of the molecule is Cc1c(SCCCSCC2CN(CC3CC3)C(=O)O2)ccnc1C(N)c1cnc2ccccc2c1. The molecule has 1 amide bonds. The average molecular weight is 509 g/mol. The van der Waals surface area contributed by atoms with Crippen LogP contribution in [0, 0.1) is 12.8 Å². The maximum Gasteiger partial charge on any atom is 0.410 e. The minimum absolute atomic E-state index is 0.0370. The zero-order valence-corrected chi connectivity index (χ0v) is 21.7. The summed E-state index contributed by atoms with van der Waals surface area (Å²) < 4.78 is 5.53. The van der Waals surface area contributed by atoms with Crippen molar-refractivity contribution in [2.75, 3.05) is 30.3 Å². The fraction of sp³-hybridized carbons (Fsp3) is 0.444. The summed E-state index contributed by atoms with van der Waals surface area (Å²) in [5.41, 5.74) is 10.6. The van der Waals surface area contributed by atoms with E-state index >= 15 is 0 Å². The van der Waals surface area contributed by atoms with Gasteiger partial charge in [-0.1, -0.05) is 18.2 Å². The number of para-hydroxylation sites is 1. The molecule has 2 fully saturated rings. The van der Waals surface area contributed by atoms with Crippen molar-refractivity contribution in [2.24, 2.45) is 11.7 Å². The fourth-order valence-corrected chi connectivity index (χ4v) is 6.52. The van der Waals surface area contributed by atoms with Crippen LogP contribution in [0.1, 0.15) is 42.1 Å². The van der Waals surface area contributed by atoms with Crippen LogP contribution in [0.4, 0.5) is 4.79 Å². The van der Waals surface area contributed by atoms with Crippen LogP contribution in [0.25, 0.3) is 10.9 Å². The summed E-state index contributed by atoms with van der Waals surface area (Å²) in [5, 5.41) is 1.09. The third-order valence-electron chi connectivity index (χ3n) is 6.58. The minimum atomic E-state index is -0.309. The Bertz CT molecular complexity index is 1190. The first kappa shape index (κ1) is 24.4. The highest BCUT2D eigenvalue weighted by molar-refractivity contribution is 8.00. The van der Waals surface area contributed by atoms with E-state index in [0.29, 0.717) is 5.92 Å². The summed E-state index contributed by atoms with van der Waals surface area (Å²) in [5.74, 6) is 3.68. The number of hydrogen-bond acceptors (Lipinski definition) is 7. The second-order valence-corrected chi connectivity index (χ2v) is 11.7. The zero-order valence-electron chi connectivity index (χ0n) is 20.1. The molecule has 0 bridgehead atoms. The average Bonchev–Trinajstić information content (AvgIpc) is 3.63. The molecule has 5 rings (SSSR count). The number of hydrogen-bond donors (Lipinski definition) is 1. The Labute approximate surface area is 215 Å². The third kappa shape index (κ3) is 6.11. The van der Waals surface area contributed by atoms with Gasteiger partial charge in [-0.3, -0.25) is 9.97 Å². The molecule has 3 heterocycles. The van der Waals surface area contributed by atoms with Gasteiger partial charge in [0.1, 0.15) is 6.10 Å². The molecule has 6 nitrogen and oxygen atoms in total. The van der Waals surface area contributed by atoms with Crippen molar-refractivity contribution in [2.45, 2.75) is 43.2 Å².